The maximum absolute atomic E-state index is 12.2. The van der Waals surface area contributed by atoms with Gasteiger partial charge in [0.2, 0.25) is 0 Å². The van der Waals surface area contributed by atoms with Crippen LogP contribution in [0.25, 0.3) is 0 Å². The van der Waals surface area contributed by atoms with Gasteiger partial charge in [0, 0.05) is 18.4 Å². The van der Waals surface area contributed by atoms with Crippen LogP contribution in [0, 0.1) is 0 Å². The van der Waals surface area contributed by atoms with Gasteiger partial charge in [-0.15, -0.1) is 0 Å². The summed E-state index contributed by atoms with van der Waals surface area (Å²) >= 11 is 0. The largest absolute Gasteiger partial charge is 0.318 e. The predicted molar refractivity (Wildman–Crippen MR) is 93.5 cm³/mol. The first kappa shape index (κ1) is 16.7. The SMILES string of the molecule is CCCCc1ccc(NC(=O)C(=O)N(C)c2ccccc2)cc1. The Hall–Kier alpha value is -2.62. The van der Waals surface area contributed by atoms with Crippen molar-refractivity contribution in [3.8, 4) is 0 Å². The molecule has 0 aliphatic heterocycles. The van der Waals surface area contributed by atoms with Gasteiger partial charge in [0.1, 0.15) is 0 Å². The van der Waals surface area contributed by atoms with Crippen LogP contribution in [0.1, 0.15) is 25.3 Å². The van der Waals surface area contributed by atoms with Gasteiger partial charge in [0.05, 0.1) is 0 Å². The van der Waals surface area contributed by atoms with E-state index in [-0.39, 0.29) is 0 Å². The Balaban J connectivity index is 1.97. The number of aryl methyl sites for hydroxylation is 1. The molecule has 2 aromatic rings. The number of benzene rings is 2. The summed E-state index contributed by atoms with van der Waals surface area (Å²) in [5.74, 6) is -1.23. The monoisotopic (exact) mass is 310 g/mol. The Morgan fingerprint density at radius 1 is 1.00 bits per heavy atom. The van der Waals surface area contributed by atoms with E-state index < -0.39 is 11.8 Å². The van der Waals surface area contributed by atoms with E-state index in [0.717, 1.165) is 19.3 Å². The minimum absolute atomic E-state index is 0.591. The number of likely N-dealkylation sites (N-methyl/N-ethyl adjacent to an activating group) is 1. The Kier molecular flexibility index (Phi) is 5.92. The van der Waals surface area contributed by atoms with Crippen molar-refractivity contribution in [2.24, 2.45) is 0 Å². The van der Waals surface area contributed by atoms with Crippen molar-refractivity contribution in [3.63, 3.8) is 0 Å². The summed E-state index contributed by atoms with van der Waals surface area (Å²) in [6, 6.07) is 16.7. The number of carbonyl (C=O) groups excluding carboxylic acids is 2. The lowest BCUT2D eigenvalue weighted by Gasteiger charge is -2.16. The normalized spacial score (nSPS) is 10.2. The zero-order valence-electron chi connectivity index (χ0n) is 13.6. The molecule has 0 heterocycles. The second-order valence-corrected chi connectivity index (χ2v) is 5.45. The Morgan fingerprint density at radius 2 is 1.65 bits per heavy atom. The van der Waals surface area contributed by atoms with Crippen molar-refractivity contribution in [1.82, 2.24) is 0 Å². The summed E-state index contributed by atoms with van der Waals surface area (Å²) < 4.78 is 0. The van der Waals surface area contributed by atoms with E-state index >= 15 is 0 Å². The standard InChI is InChI=1S/C19H22N2O2/c1-3-4-8-15-11-13-16(14-12-15)20-18(22)19(23)21(2)17-9-6-5-7-10-17/h5-7,9-14H,3-4,8H2,1-2H3,(H,20,22). The number of unbranched alkanes of at least 4 members (excludes halogenated alkanes) is 1. The van der Waals surface area contributed by atoms with Crippen molar-refractivity contribution < 1.29 is 9.59 Å². The fourth-order valence-electron chi connectivity index (χ4n) is 2.24. The van der Waals surface area contributed by atoms with Crippen LogP contribution in [0.4, 0.5) is 11.4 Å². The van der Waals surface area contributed by atoms with Gasteiger partial charge >= 0.3 is 11.8 Å². The molecular weight excluding hydrogens is 288 g/mol. The number of amides is 2. The molecule has 2 rings (SSSR count). The lowest BCUT2D eigenvalue weighted by atomic mass is 10.1. The molecule has 2 aromatic carbocycles. The van der Waals surface area contributed by atoms with Crippen LogP contribution in [-0.2, 0) is 16.0 Å². The highest BCUT2D eigenvalue weighted by Gasteiger charge is 2.19. The molecule has 4 nitrogen and oxygen atoms in total. The summed E-state index contributed by atoms with van der Waals surface area (Å²) in [5.41, 5.74) is 2.55. The van der Waals surface area contributed by atoms with Gasteiger partial charge in [-0.1, -0.05) is 43.7 Å². The van der Waals surface area contributed by atoms with E-state index in [1.54, 1.807) is 19.2 Å². The molecule has 23 heavy (non-hydrogen) atoms. The smallest absolute Gasteiger partial charge is 0.316 e. The molecule has 0 spiro atoms. The second-order valence-electron chi connectivity index (χ2n) is 5.45. The molecule has 120 valence electrons. The molecule has 0 radical (unpaired) electrons. The van der Waals surface area contributed by atoms with E-state index in [4.69, 9.17) is 0 Å². The average Bonchev–Trinajstić information content (AvgIpc) is 2.60. The van der Waals surface area contributed by atoms with Gasteiger partial charge in [-0.2, -0.15) is 0 Å². The van der Waals surface area contributed by atoms with Gasteiger partial charge < -0.3 is 10.2 Å². The minimum atomic E-state index is -0.641. The highest BCUT2D eigenvalue weighted by atomic mass is 16.2. The van der Waals surface area contributed by atoms with E-state index in [0.29, 0.717) is 11.4 Å². The van der Waals surface area contributed by atoms with Crippen LogP contribution >= 0.6 is 0 Å². The average molecular weight is 310 g/mol. The lowest BCUT2D eigenvalue weighted by molar-refractivity contribution is -0.134. The number of nitrogens with zero attached hydrogens (tertiary/aromatic N) is 1. The molecule has 0 fully saturated rings. The zero-order chi connectivity index (χ0) is 16.7. The van der Waals surface area contributed by atoms with Gasteiger partial charge in [-0.25, -0.2) is 0 Å². The van der Waals surface area contributed by atoms with Crippen molar-refractivity contribution >= 4 is 23.2 Å². The minimum Gasteiger partial charge on any atom is -0.318 e. The summed E-state index contributed by atoms with van der Waals surface area (Å²) in [6.45, 7) is 2.16. The summed E-state index contributed by atoms with van der Waals surface area (Å²) in [5, 5.41) is 2.65. The van der Waals surface area contributed by atoms with E-state index in [1.165, 1.54) is 10.5 Å². The summed E-state index contributed by atoms with van der Waals surface area (Å²) in [4.78, 5) is 25.6. The van der Waals surface area contributed by atoms with Gasteiger partial charge in [-0.3, -0.25) is 9.59 Å². The van der Waals surface area contributed by atoms with Crippen LogP contribution in [0.3, 0.4) is 0 Å². The topological polar surface area (TPSA) is 49.4 Å². The third kappa shape index (κ3) is 4.68. The molecule has 0 atom stereocenters. The number of anilines is 2. The fraction of sp³-hybridized carbons (Fsp3) is 0.263. The van der Waals surface area contributed by atoms with Crippen LogP contribution in [0.15, 0.2) is 54.6 Å². The third-order valence-corrected chi connectivity index (χ3v) is 3.67. The van der Waals surface area contributed by atoms with Crippen molar-refractivity contribution in [1.29, 1.82) is 0 Å². The number of para-hydroxylation sites is 1. The highest BCUT2D eigenvalue weighted by Crippen LogP contribution is 2.14. The number of rotatable bonds is 5. The van der Waals surface area contributed by atoms with E-state index in [2.05, 4.69) is 12.2 Å². The Morgan fingerprint density at radius 3 is 2.26 bits per heavy atom. The van der Waals surface area contributed by atoms with Crippen molar-refractivity contribution in [2.75, 3.05) is 17.3 Å². The van der Waals surface area contributed by atoms with Crippen LogP contribution in [0.2, 0.25) is 0 Å². The molecule has 1 N–H and O–H groups in total. The molecule has 0 aliphatic carbocycles. The first-order chi connectivity index (χ1) is 11.1. The number of hydrogen-bond donors (Lipinski definition) is 1. The molecule has 0 bridgehead atoms. The first-order valence-corrected chi connectivity index (χ1v) is 7.85. The molecular formula is C19H22N2O2. The van der Waals surface area contributed by atoms with E-state index in [9.17, 15) is 9.59 Å². The molecule has 4 heteroatoms. The van der Waals surface area contributed by atoms with Gasteiger partial charge in [0.25, 0.3) is 0 Å². The molecule has 0 saturated carbocycles. The predicted octanol–water partition coefficient (Wildman–Crippen LogP) is 3.63. The maximum Gasteiger partial charge on any atom is 0.316 e. The number of carbonyl (C=O) groups is 2. The van der Waals surface area contributed by atoms with Crippen LogP contribution < -0.4 is 10.2 Å². The summed E-state index contributed by atoms with van der Waals surface area (Å²) in [7, 11) is 1.59. The molecule has 0 unspecified atom stereocenters. The van der Waals surface area contributed by atoms with Crippen LogP contribution in [0.5, 0.6) is 0 Å². The lowest BCUT2D eigenvalue weighted by Crippen LogP contribution is -2.37. The van der Waals surface area contributed by atoms with Crippen molar-refractivity contribution in [3.05, 3.63) is 60.2 Å². The van der Waals surface area contributed by atoms with E-state index in [1.807, 2.05) is 42.5 Å². The zero-order valence-corrected chi connectivity index (χ0v) is 13.6. The number of hydrogen-bond acceptors (Lipinski definition) is 2. The number of nitrogens with one attached hydrogen (secondary N) is 1. The Bertz CT molecular complexity index is 651. The maximum atomic E-state index is 12.2. The molecule has 2 amide bonds. The Labute approximate surface area is 137 Å². The second kappa shape index (κ2) is 8.13. The van der Waals surface area contributed by atoms with Gasteiger partial charge in [-0.05, 0) is 42.7 Å². The summed E-state index contributed by atoms with van der Waals surface area (Å²) in [6.07, 6.45) is 3.32. The van der Waals surface area contributed by atoms with Crippen molar-refractivity contribution in [2.45, 2.75) is 26.2 Å². The molecule has 0 aliphatic rings. The highest BCUT2D eigenvalue weighted by molar-refractivity contribution is 6.44. The molecule has 0 saturated heterocycles. The fourth-order valence-corrected chi connectivity index (χ4v) is 2.24. The quantitative estimate of drug-likeness (QED) is 0.857. The third-order valence-electron chi connectivity index (χ3n) is 3.67. The first-order valence-electron chi connectivity index (χ1n) is 7.85. The van der Waals surface area contributed by atoms with Gasteiger partial charge in [0.15, 0.2) is 0 Å². The molecule has 0 aromatic heterocycles. The van der Waals surface area contributed by atoms with Crippen LogP contribution in [-0.4, -0.2) is 18.9 Å².